The number of hydrogen-bond donors (Lipinski definition) is 2. The van der Waals surface area contributed by atoms with Crippen LogP contribution in [-0.2, 0) is 13.0 Å². The lowest BCUT2D eigenvalue weighted by atomic mass is 10.0. The van der Waals surface area contributed by atoms with Gasteiger partial charge in [0.1, 0.15) is 18.2 Å². The summed E-state index contributed by atoms with van der Waals surface area (Å²) in [5.74, 6) is 0.961. The van der Waals surface area contributed by atoms with E-state index in [1.54, 1.807) is 0 Å². The molecular weight excluding hydrogens is 260 g/mol. The Morgan fingerprint density at radius 1 is 1.05 bits per heavy atom. The van der Waals surface area contributed by atoms with Crippen LogP contribution in [0.15, 0.2) is 36.4 Å². The molecule has 0 bridgehead atoms. The minimum Gasteiger partial charge on any atom is -0.488 e. The molecule has 0 atom stereocenters. The molecule has 21 heavy (non-hydrogen) atoms. The molecule has 0 unspecified atom stereocenters. The van der Waals surface area contributed by atoms with Crippen LogP contribution >= 0.6 is 0 Å². The molecule has 3 N–H and O–H groups in total. The van der Waals surface area contributed by atoms with Crippen LogP contribution in [0.5, 0.6) is 5.75 Å². The number of aryl methyl sites for hydroxylation is 3. The minimum absolute atomic E-state index is 0.0860. The average Bonchev–Trinajstić information content (AvgIpc) is 2.46. The Morgan fingerprint density at radius 2 is 1.57 bits per heavy atom. The van der Waals surface area contributed by atoms with Crippen LogP contribution in [0.25, 0.3) is 0 Å². The van der Waals surface area contributed by atoms with E-state index in [-0.39, 0.29) is 5.84 Å². The molecule has 0 heterocycles. The highest BCUT2D eigenvalue weighted by atomic mass is 16.5. The maximum Gasteiger partial charge on any atom is 0.125 e. The number of nitrogen functional groups attached to an aromatic ring is 1. The van der Waals surface area contributed by atoms with Crippen molar-refractivity contribution in [3.05, 3.63) is 64.2 Å². The van der Waals surface area contributed by atoms with Gasteiger partial charge in [-0.25, -0.2) is 0 Å². The zero-order valence-corrected chi connectivity index (χ0v) is 12.9. The van der Waals surface area contributed by atoms with Gasteiger partial charge in [0.05, 0.1) is 0 Å². The number of amidine groups is 1. The van der Waals surface area contributed by atoms with Crippen LogP contribution in [0.4, 0.5) is 0 Å². The summed E-state index contributed by atoms with van der Waals surface area (Å²) in [4.78, 5) is 0. The number of hydrogen-bond acceptors (Lipinski definition) is 2. The van der Waals surface area contributed by atoms with Crippen molar-refractivity contribution in [2.24, 2.45) is 5.73 Å². The van der Waals surface area contributed by atoms with E-state index in [0.29, 0.717) is 6.61 Å². The first-order chi connectivity index (χ1) is 10.0. The van der Waals surface area contributed by atoms with Crippen LogP contribution in [0.2, 0.25) is 0 Å². The van der Waals surface area contributed by atoms with Crippen LogP contribution < -0.4 is 10.5 Å². The number of nitrogens with two attached hydrogens (primary N) is 1. The summed E-state index contributed by atoms with van der Waals surface area (Å²) < 4.78 is 5.95. The molecule has 3 nitrogen and oxygen atoms in total. The van der Waals surface area contributed by atoms with Crippen LogP contribution in [0.3, 0.4) is 0 Å². The molecule has 0 aliphatic heterocycles. The van der Waals surface area contributed by atoms with E-state index >= 15 is 0 Å². The van der Waals surface area contributed by atoms with Crippen molar-refractivity contribution in [2.75, 3.05) is 0 Å². The van der Waals surface area contributed by atoms with Crippen molar-refractivity contribution < 1.29 is 4.74 Å². The highest BCUT2D eigenvalue weighted by Crippen LogP contribution is 2.25. The standard InChI is InChI=1S/C18H22N2O/c1-4-14-5-7-15(8-6-14)11-21-17-12(2)9-16(18(19)20)10-13(17)3/h5-10H,4,11H2,1-3H3,(H3,19,20). The molecule has 2 aromatic rings. The Morgan fingerprint density at radius 3 is 2.05 bits per heavy atom. The molecule has 2 aromatic carbocycles. The zero-order valence-electron chi connectivity index (χ0n) is 12.9. The number of rotatable bonds is 5. The lowest BCUT2D eigenvalue weighted by Crippen LogP contribution is -2.12. The summed E-state index contributed by atoms with van der Waals surface area (Å²) in [7, 11) is 0. The summed E-state index contributed by atoms with van der Waals surface area (Å²) in [6.07, 6.45) is 1.05. The maximum absolute atomic E-state index is 7.51. The fourth-order valence-corrected chi connectivity index (χ4v) is 2.36. The van der Waals surface area contributed by atoms with Crippen LogP contribution in [0.1, 0.15) is 34.7 Å². The topological polar surface area (TPSA) is 59.1 Å². The van der Waals surface area contributed by atoms with Gasteiger partial charge in [-0.2, -0.15) is 0 Å². The fourth-order valence-electron chi connectivity index (χ4n) is 2.36. The molecule has 0 radical (unpaired) electrons. The largest absolute Gasteiger partial charge is 0.488 e. The highest BCUT2D eigenvalue weighted by molar-refractivity contribution is 5.95. The summed E-state index contributed by atoms with van der Waals surface area (Å²) in [6.45, 7) is 6.66. The van der Waals surface area contributed by atoms with Crippen molar-refractivity contribution in [1.29, 1.82) is 5.41 Å². The summed E-state index contributed by atoms with van der Waals surface area (Å²) >= 11 is 0. The lowest BCUT2D eigenvalue weighted by molar-refractivity contribution is 0.302. The Kier molecular flexibility index (Phi) is 4.63. The van der Waals surface area contributed by atoms with Crippen molar-refractivity contribution >= 4 is 5.84 Å². The summed E-state index contributed by atoms with van der Waals surface area (Å²) in [5.41, 5.74) is 10.8. The Hall–Kier alpha value is -2.29. The summed E-state index contributed by atoms with van der Waals surface area (Å²) in [6, 6.07) is 12.3. The van der Waals surface area contributed by atoms with Crippen LogP contribution in [-0.4, -0.2) is 5.84 Å². The molecule has 0 aromatic heterocycles. The molecule has 0 spiro atoms. The van der Waals surface area contributed by atoms with Gasteiger partial charge >= 0.3 is 0 Å². The van der Waals surface area contributed by atoms with E-state index in [2.05, 4.69) is 31.2 Å². The molecule has 0 aliphatic carbocycles. The first kappa shape index (κ1) is 15.1. The van der Waals surface area contributed by atoms with E-state index in [0.717, 1.165) is 34.4 Å². The first-order valence-corrected chi connectivity index (χ1v) is 7.17. The molecule has 2 rings (SSSR count). The molecule has 0 saturated carbocycles. The number of nitrogens with one attached hydrogen (secondary N) is 1. The molecule has 110 valence electrons. The quantitative estimate of drug-likeness (QED) is 0.648. The van der Waals surface area contributed by atoms with Gasteiger partial charge in [0.25, 0.3) is 0 Å². The van der Waals surface area contributed by atoms with E-state index < -0.39 is 0 Å². The monoisotopic (exact) mass is 282 g/mol. The third-order valence-corrected chi connectivity index (χ3v) is 3.59. The van der Waals surface area contributed by atoms with E-state index in [9.17, 15) is 0 Å². The predicted octanol–water partition coefficient (Wildman–Crippen LogP) is 3.73. The third kappa shape index (κ3) is 3.63. The molecule has 0 aliphatic rings. The van der Waals surface area contributed by atoms with E-state index in [4.69, 9.17) is 15.9 Å². The number of ether oxygens (including phenoxy) is 1. The van der Waals surface area contributed by atoms with Gasteiger partial charge in [0.15, 0.2) is 0 Å². The molecule has 0 fully saturated rings. The van der Waals surface area contributed by atoms with E-state index in [1.807, 2.05) is 26.0 Å². The highest BCUT2D eigenvalue weighted by Gasteiger charge is 2.08. The molecule has 0 saturated heterocycles. The summed E-state index contributed by atoms with van der Waals surface area (Å²) in [5, 5.41) is 7.51. The normalized spacial score (nSPS) is 10.4. The zero-order chi connectivity index (χ0) is 15.4. The van der Waals surface area contributed by atoms with Gasteiger partial charge in [-0.15, -0.1) is 0 Å². The van der Waals surface area contributed by atoms with Gasteiger partial charge in [0.2, 0.25) is 0 Å². The lowest BCUT2D eigenvalue weighted by Gasteiger charge is -2.14. The molecular formula is C18H22N2O. The predicted molar refractivity (Wildman–Crippen MR) is 87.1 cm³/mol. The average molecular weight is 282 g/mol. The van der Waals surface area contributed by atoms with Gasteiger partial charge in [-0.3, -0.25) is 5.41 Å². The van der Waals surface area contributed by atoms with Crippen molar-refractivity contribution in [2.45, 2.75) is 33.8 Å². The van der Waals surface area contributed by atoms with Crippen molar-refractivity contribution in [3.63, 3.8) is 0 Å². The van der Waals surface area contributed by atoms with Crippen LogP contribution in [0, 0.1) is 19.3 Å². The van der Waals surface area contributed by atoms with Crippen molar-refractivity contribution in [1.82, 2.24) is 0 Å². The maximum atomic E-state index is 7.51. The Bertz CT molecular complexity index is 622. The van der Waals surface area contributed by atoms with Gasteiger partial charge in [-0.05, 0) is 54.7 Å². The first-order valence-electron chi connectivity index (χ1n) is 7.17. The van der Waals surface area contributed by atoms with Crippen molar-refractivity contribution in [3.8, 4) is 5.75 Å². The smallest absolute Gasteiger partial charge is 0.125 e. The third-order valence-electron chi connectivity index (χ3n) is 3.59. The molecule has 0 amide bonds. The molecule has 3 heteroatoms. The SMILES string of the molecule is CCc1ccc(COc2c(C)cc(C(=N)N)cc2C)cc1. The second-order valence-electron chi connectivity index (χ2n) is 5.31. The second kappa shape index (κ2) is 6.44. The van der Waals surface area contributed by atoms with Gasteiger partial charge < -0.3 is 10.5 Å². The Balaban J connectivity index is 2.14. The minimum atomic E-state index is 0.0860. The van der Waals surface area contributed by atoms with E-state index in [1.165, 1.54) is 5.56 Å². The second-order valence-corrected chi connectivity index (χ2v) is 5.31. The number of benzene rings is 2. The fraction of sp³-hybridized carbons (Fsp3) is 0.278. The van der Waals surface area contributed by atoms with Gasteiger partial charge in [-0.1, -0.05) is 31.2 Å². The Labute approximate surface area is 126 Å². The van der Waals surface area contributed by atoms with Gasteiger partial charge in [0, 0.05) is 5.56 Å².